The van der Waals surface area contributed by atoms with E-state index in [1.807, 2.05) is 32.0 Å². The Labute approximate surface area is 174 Å². The van der Waals surface area contributed by atoms with Gasteiger partial charge in [-0.15, -0.1) is 0 Å². The van der Waals surface area contributed by atoms with Gasteiger partial charge in [0.15, 0.2) is 0 Å². The maximum atomic E-state index is 13.0. The lowest BCUT2D eigenvalue weighted by atomic mass is 9.90. The Bertz CT molecular complexity index is 992. The van der Waals surface area contributed by atoms with Crippen molar-refractivity contribution in [2.45, 2.75) is 50.3 Å². The van der Waals surface area contributed by atoms with E-state index in [9.17, 15) is 13.2 Å². The first-order chi connectivity index (χ1) is 13.9. The largest absolute Gasteiger partial charge is 0.299 e. The summed E-state index contributed by atoms with van der Waals surface area (Å²) in [5.41, 5.74) is 3.17. The number of Topliss-reactive ketones (excluding diaryl/α,β-unsaturated/α-hetero) is 1. The Morgan fingerprint density at radius 3 is 2.38 bits per heavy atom. The summed E-state index contributed by atoms with van der Waals surface area (Å²) in [7, 11) is -3.49. The zero-order chi connectivity index (χ0) is 20.6. The van der Waals surface area contributed by atoms with Gasteiger partial charge in [0.1, 0.15) is 5.78 Å². The van der Waals surface area contributed by atoms with Gasteiger partial charge in [-0.1, -0.05) is 48.0 Å². The number of benzene rings is 2. The van der Waals surface area contributed by atoms with Crippen molar-refractivity contribution in [2.24, 2.45) is 11.8 Å². The quantitative estimate of drug-likeness (QED) is 0.705. The lowest BCUT2D eigenvalue weighted by Gasteiger charge is -2.31. The van der Waals surface area contributed by atoms with Gasteiger partial charge in [-0.2, -0.15) is 4.31 Å². The highest BCUT2D eigenvalue weighted by molar-refractivity contribution is 7.89. The molecular formula is C24H29NO3S. The zero-order valence-electron chi connectivity index (χ0n) is 17.2. The van der Waals surface area contributed by atoms with Crippen LogP contribution in [-0.2, 0) is 14.8 Å². The van der Waals surface area contributed by atoms with Crippen LogP contribution < -0.4 is 0 Å². The molecule has 2 atom stereocenters. The third kappa shape index (κ3) is 4.31. The first kappa shape index (κ1) is 20.3. The molecule has 0 aromatic heterocycles. The molecule has 1 heterocycles. The van der Waals surface area contributed by atoms with Crippen LogP contribution in [0.25, 0.3) is 0 Å². The van der Waals surface area contributed by atoms with E-state index in [1.54, 1.807) is 10.4 Å². The molecule has 1 aliphatic heterocycles. The highest BCUT2D eigenvalue weighted by Gasteiger charge is 2.41. The second-order valence-electron chi connectivity index (χ2n) is 8.63. The maximum absolute atomic E-state index is 13.0. The van der Waals surface area contributed by atoms with Gasteiger partial charge < -0.3 is 0 Å². The molecule has 4 rings (SSSR count). The molecule has 2 aliphatic rings. The van der Waals surface area contributed by atoms with E-state index in [1.165, 1.54) is 5.56 Å². The first-order valence-electron chi connectivity index (χ1n) is 10.5. The maximum Gasteiger partial charge on any atom is 0.243 e. The smallest absolute Gasteiger partial charge is 0.243 e. The molecule has 2 fully saturated rings. The minimum Gasteiger partial charge on any atom is -0.299 e. The second-order valence-corrected chi connectivity index (χ2v) is 10.5. The third-order valence-corrected chi connectivity index (χ3v) is 8.53. The predicted molar refractivity (Wildman–Crippen MR) is 114 cm³/mol. The molecule has 1 saturated heterocycles. The van der Waals surface area contributed by atoms with Crippen LogP contribution in [0.4, 0.5) is 0 Å². The van der Waals surface area contributed by atoms with Crippen LogP contribution in [-0.4, -0.2) is 31.6 Å². The van der Waals surface area contributed by atoms with E-state index < -0.39 is 10.0 Å². The molecule has 1 saturated carbocycles. The number of hydrogen-bond donors (Lipinski definition) is 0. The number of aryl methyl sites for hydroxylation is 2. The molecule has 0 N–H and O–H groups in total. The van der Waals surface area contributed by atoms with E-state index in [-0.39, 0.29) is 5.92 Å². The van der Waals surface area contributed by atoms with Crippen molar-refractivity contribution >= 4 is 15.8 Å². The monoisotopic (exact) mass is 411 g/mol. The van der Waals surface area contributed by atoms with Crippen LogP contribution in [0.5, 0.6) is 0 Å². The van der Waals surface area contributed by atoms with Crippen molar-refractivity contribution in [1.29, 1.82) is 0 Å². The van der Waals surface area contributed by atoms with Gasteiger partial charge in [0.25, 0.3) is 0 Å². The fraction of sp³-hybridized carbons (Fsp3) is 0.458. The van der Waals surface area contributed by atoms with E-state index in [0.29, 0.717) is 54.9 Å². The summed E-state index contributed by atoms with van der Waals surface area (Å²) in [5.74, 6) is 1.29. The standard InChI is InChI=1S/C24H29NO3S/c1-17-8-9-24(18(2)14-17)29(27,28)25-12-10-20(11-13-25)23(26)16-21-15-22(21)19-6-4-3-5-7-19/h3-9,14,20-22H,10-13,15-16H2,1-2H3/t21?,22-/m1/s1. The molecule has 5 heteroatoms. The van der Waals surface area contributed by atoms with Gasteiger partial charge in [-0.25, -0.2) is 8.42 Å². The van der Waals surface area contributed by atoms with E-state index in [4.69, 9.17) is 0 Å². The van der Waals surface area contributed by atoms with Gasteiger partial charge in [0, 0.05) is 25.4 Å². The van der Waals surface area contributed by atoms with Crippen molar-refractivity contribution in [1.82, 2.24) is 4.31 Å². The van der Waals surface area contributed by atoms with Gasteiger partial charge in [-0.3, -0.25) is 4.79 Å². The van der Waals surface area contributed by atoms with E-state index >= 15 is 0 Å². The lowest BCUT2D eigenvalue weighted by Crippen LogP contribution is -2.40. The SMILES string of the molecule is Cc1ccc(S(=O)(=O)N2CCC(C(=O)CC3C[C@@H]3c3ccccc3)CC2)c(C)c1. The molecule has 0 amide bonds. The van der Waals surface area contributed by atoms with Gasteiger partial charge >= 0.3 is 0 Å². The summed E-state index contributed by atoms with van der Waals surface area (Å²) in [6.45, 7) is 4.66. The van der Waals surface area contributed by atoms with Crippen LogP contribution in [0.15, 0.2) is 53.4 Å². The number of piperidine rings is 1. The molecule has 29 heavy (non-hydrogen) atoms. The number of nitrogens with zero attached hydrogens (tertiary/aromatic N) is 1. The van der Waals surface area contributed by atoms with Crippen LogP contribution in [0, 0.1) is 25.7 Å². The minimum absolute atomic E-state index is 0.00223. The highest BCUT2D eigenvalue weighted by Crippen LogP contribution is 2.50. The van der Waals surface area contributed by atoms with Crippen LogP contribution in [0.1, 0.15) is 48.3 Å². The number of hydrogen-bond acceptors (Lipinski definition) is 3. The summed E-state index contributed by atoms with van der Waals surface area (Å²) in [4.78, 5) is 13.2. The molecular weight excluding hydrogens is 382 g/mol. The van der Waals surface area contributed by atoms with Crippen molar-refractivity contribution in [3.63, 3.8) is 0 Å². The molecule has 1 unspecified atom stereocenters. The Hall–Kier alpha value is -1.98. The molecule has 2 aromatic rings. The second kappa shape index (κ2) is 8.04. The molecule has 0 radical (unpaired) electrons. The number of sulfonamides is 1. The van der Waals surface area contributed by atoms with E-state index in [2.05, 4.69) is 24.3 Å². The summed E-state index contributed by atoms with van der Waals surface area (Å²) in [6, 6.07) is 15.9. The lowest BCUT2D eigenvalue weighted by molar-refractivity contribution is -0.124. The Morgan fingerprint density at radius 2 is 1.72 bits per heavy atom. The van der Waals surface area contributed by atoms with Crippen molar-refractivity contribution in [2.75, 3.05) is 13.1 Å². The average molecular weight is 412 g/mol. The summed E-state index contributed by atoms with van der Waals surface area (Å²) >= 11 is 0. The molecule has 1 aliphatic carbocycles. The van der Waals surface area contributed by atoms with Gasteiger partial charge in [0.05, 0.1) is 4.90 Å². The van der Waals surface area contributed by atoms with Crippen LogP contribution >= 0.6 is 0 Å². The Kier molecular flexibility index (Phi) is 5.63. The number of ketones is 1. The molecule has 4 nitrogen and oxygen atoms in total. The average Bonchev–Trinajstić information content (AvgIpc) is 3.47. The van der Waals surface area contributed by atoms with Gasteiger partial charge in [0.2, 0.25) is 10.0 Å². The van der Waals surface area contributed by atoms with Crippen molar-refractivity contribution < 1.29 is 13.2 Å². The molecule has 154 valence electrons. The predicted octanol–water partition coefficient (Wildman–Crippen LogP) is 4.47. The summed E-state index contributed by atoms with van der Waals surface area (Å²) < 4.78 is 27.6. The molecule has 0 spiro atoms. The fourth-order valence-electron chi connectivity index (χ4n) is 4.65. The van der Waals surface area contributed by atoms with E-state index in [0.717, 1.165) is 17.5 Å². The third-order valence-electron chi connectivity index (χ3n) is 6.47. The Balaban J connectivity index is 1.33. The molecule has 0 bridgehead atoms. The normalized spacial score (nSPS) is 23.1. The van der Waals surface area contributed by atoms with Crippen LogP contribution in [0.3, 0.4) is 0 Å². The topological polar surface area (TPSA) is 54.5 Å². The van der Waals surface area contributed by atoms with Gasteiger partial charge in [-0.05, 0) is 62.1 Å². The zero-order valence-corrected chi connectivity index (χ0v) is 18.0. The number of rotatable bonds is 6. The van der Waals surface area contributed by atoms with Crippen LogP contribution in [0.2, 0.25) is 0 Å². The summed E-state index contributed by atoms with van der Waals surface area (Å²) in [6.07, 6.45) is 2.99. The highest BCUT2D eigenvalue weighted by atomic mass is 32.2. The van der Waals surface area contributed by atoms with Crippen molar-refractivity contribution in [3.8, 4) is 0 Å². The number of carbonyl (C=O) groups is 1. The number of carbonyl (C=O) groups excluding carboxylic acids is 1. The minimum atomic E-state index is -3.49. The first-order valence-corrected chi connectivity index (χ1v) is 12.0. The molecule has 2 aromatic carbocycles. The summed E-state index contributed by atoms with van der Waals surface area (Å²) in [5, 5.41) is 0. The van der Waals surface area contributed by atoms with Crippen molar-refractivity contribution in [3.05, 3.63) is 65.2 Å². The fourth-order valence-corrected chi connectivity index (χ4v) is 6.33. The Morgan fingerprint density at radius 1 is 1.03 bits per heavy atom.